The van der Waals surface area contributed by atoms with Gasteiger partial charge in [0.2, 0.25) is 0 Å². The predicted molar refractivity (Wildman–Crippen MR) is 85.5 cm³/mol. The monoisotopic (exact) mass is 315 g/mol. The summed E-state index contributed by atoms with van der Waals surface area (Å²) in [6.07, 6.45) is 0.480. The fourth-order valence-corrected chi connectivity index (χ4v) is 3.71. The first-order valence-electron chi connectivity index (χ1n) is 7.29. The summed E-state index contributed by atoms with van der Waals surface area (Å²) >= 11 is 12.5. The van der Waals surface area contributed by atoms with Crippen LogP contribution in [0.2, 0.25) is 10.0 Å². The molecule has 0 spiro atoms. The lowest BCUT2D eigenvalue weighted by Crippen LogP contribution is -2.35. The van der Waals surface area contributed by atoms with Gasteiger partial charge in [-0.25, -0.2) is 0 Å². The molecular formula is C16H23Cl2NO. The third kappa shape index (κ3) is 3.14. The van der Waals surface area contributed by atoms with Gasteiger partial charge in [-0.15, -0.1) is 0 Å². The number of ether oxygens (including phenoxy) is 1. The van der Waals surface area contributed by atoms with Gasteiger partial charge in [0.1, 0.15) is 0 Å². The first-order valence-corrected chi connectivity index (χ1v) is 8.05. The van der Waals surface area contributed by atoms with Crippen molar-refractivity contribution in [2.24, 2.45) is 11.8 Å². The van der Waals surface area contributed by atoms with Crippen molar-refractivity contribution in [1.29, 1.82) is 0 Å². The first kappa shape index (κ1) is 16.1. The molecule has 1 saturated heterocycles. The summed E-state index contributed by atoms with van der Waals surface area (Å²) in [6.45, 7) is 9.54. The molecule has 1 aliphatic rings. The summed E-state index contributed by atoms with van der Waals surface area (Å²) in [5.41, 5.74) is 1.07. The van der Waals surface area contributed by atoms with Gasteiger partial charge in [-0.3, -0.25) is 0 Å². The summed E-state index contributed by atoms with van der Waals surface area (Å²) in [7, 11) is 0. The zero-order valence-electron chi connectivity index (χ0n) is 12.5. The molecule has 0 aliphatic carbocycles. The maximum absolute atomic E-state index is 6.40. The molecule has 0 radical (unpaired) electrons. The second-order valence-corrected chi connectivity index (χ2v) is 6.53. The SMILES string of the molecule is CCNC(c1cc(Cl)ccc1Cl)C1C(C)OC(C)C1C. The van der Waals surface area contributed by atoms with Gasteiger partial charge >= 0.3 is 0 Å². The van der Waals surface area contributed by atoms with Crippen molar-refractivity contribution < 1.29 is 4.74 Å². The molecule has 1 N–H and O–H groups in total. The lowest BCUT2D eigenvalue weighted by molar-refractivity contribution is 0.0476. The van der Waals surface area contributed by atoms with E-state index in [0.29, 0.717) is 11.8 Å². The van der Waals surface area contributed by atoms with Crippen LogP contribution in [-0.4, -0.2) is 18.8 Å². The van der Waals surface area contributed by atoms with Crippen LogP contribution in [0.1, 0.15) is 39.3 Å². The van der Waals surface area contributed by atoms with Crippen molar-refractivity contribution in [1.82, 2.24) is 5.32 Å². The Morgan fingerprint density at radius 3 is 2.45 bits per heavy atom. The van der Waals surface area contributed by atoms with Gasteiger partial charge in [0.15, 0.2) is 0 Å². The van der Waals surface area contributed by atoms with Gasteiger partial charge in [-0.1, -0.05) is 37.0 Å². The molecule has 1 aliphatic heterocycles. The van der Waals surface area contributed by atoms with Gasteiger partial charge in [0, 0.05) is 22.0 Å². The number of rotatable bonds is 4. The highest BCUT2D eigenvalue weighted by Gasteiger charge is 2.42. The molecular weight excluding hydrogens is 293 g/mol. The normalized spacial score (nSPS) is 31.5. The highest BCUT2D eigenvalue weighted by Crippen LogP contribution is 2.42. The maximum Gasteiger partial charge on any atom is 0.0600 e. The van der Waals surface area contributed by atoms with E-state index in [4.69, 9.17) is 27.9 Å². The highest BCUT2D eigenvalue weighted by atomic mass is 35.5. The van der Waals surface area contributed by atoms with Crippen molar-refractivity contribution in [3.63, 3.8) is 0 Å². The minimum Gasteiger partial charge on any atom is -0.375 e. The zero-order chi connectivity index (χ0) is 14.9. The smallest absolute Gasteiger partial charge is 0.0600 e. The van der Waals surface area contributed by atoms with E-state index in [-0.39, 0.29) is 18.2 Å². The van der Waals surface area contributed by atoms with Crippen molar-refractivity contribution >= 4 is 23.2 Å². The number of benzene rings is 1. The molecule has 2 rings (SSSR count). The standard InChI is InChI=1S/C16H23Cl2NO/c1-5-19-16(13-8-12(17)6-7-14(13)18)15-9(2)10(3)20-11(15)4/h6-11,15-16,19H,5H2,1-4H3. The minimum atomic E-state index is 0.168. The Labute approximate surface area is 131 Å². The number of hydrogen-bond donors (Lipinski definition) is 1. The third-order valence-corrected chi connectivity index (χ3v) is 5.00. The van der Waals surface area contributed by atoms with Crippen LogP contribution in [0.5, 0.6) is 0 Å². The van der Waals surface area contributed by atoms with Crippen LogP contribution in [0.3, 0.4) is 0 Å². The molecule has 0 bridgehead atoms. The van der Waals surface area contributed by atoms with Crippen LogP contribution in [0.15, 0.2) is 18.2 Å². The van der Waals surface area contributed by atoms with E-state index in [1.54, 1.807) is 0 Å². The molecule has 0 aromatic heterocycles. The fraction of sp³-hybridized carbons (Fsp3) is 0.625. The molecule has 1 heterocycles. The molecule has 1 aromatic rings. The number of halogens is 2. The average molecular weight is 316 g/mol. The van der Waals surface area contributed by atoms with E-state index in [9.17, 15) is 0 Å². The predicted octanol–water partition coefficient (Wildman–Crippen LogP) is 4.70. The Kier molecular flexibility index (Phi) is 5.36. The van der Waals surface area contributed by atoms with Gasteiger partial charge in [-0.2, -0.15) is 0 Å². The summed E-state index contributed by atoms with van der Waals surface area (Å²) in [6, 6.07) is 5.84. The molecule has 2 nitrogen and oxygen atoms in total. The van der Waals surface area contributed by atoms with Gasteiger partial charge in [0.25, 0.3) is 0 Å². The number of hydrogen-bond acceptors (Lipinski definition) is 2. The van der Waals surface area contributed by atoms with Crippen molar-refractivity contribution in [2.75, 3.05) is 6.54 Å². The average Bonchev–Trinajstić information content (AvgIpc) is 2.64. The quantitative estimate of drug-likeness (QED) is 0.869. The summed E-state index contributed by atoms with van der Waals surface area (Å²) < 4.78 is 5.99. The van der Waals surface area contributed by atoms with Gasteiger partial charge in [0.05, 0.1) is 12.2 Å². The molecule has 112 valence electrons. The molecule has 1 aromatic carbocycles. The second kappa shape index (κ2) is 6.65. The highest BCUT2D eigenvalue weighted by molar-refractivity contribution is 6.33. The summed E-state index contributed by atoms with van der Waals surface area (Å²) in [5.74, 6) is 0.866. The Bertz CT molecular complexity index is 466. The number of nitrogens with one attached hydrogen (secondary N) is 1. The lowest BCUT2D eigenvalue weighted by Gasteiger charge is -2.30. The lowest BCUT2D eigenvalue weighted by atomic mass is 9.80. The van der Waals surface area contributed by atoms with E-state index >= 15 is 0 Å². The van der Waals surface area contributed by atoms with Gasteiger partial charge < -0.3 is 10.1 Å². The molecule has 0 saturated carbocycles. The summed E-state index contributed by atoms with van der Waals surface area (Å²) in [4.78, 5) is 0. The van der Waals surface area contributed by atoms with Crippen molar-refractivity contribution in [2.45, 2.75) is 45.9 Å². The third-order valence-electron chi connectivity index (χ3n) is 4.42. The second-order valence-electron chi connectivity index (χ2n) is 5.68. The molecule has 4 heteroatoms. The van der Waals surface area contributed by atoms with Crippen LogP contribution in [-0.2, 0) is 4.74 Å². The van der Waals surface area contributed by atoms with Gasteiger partial charge in [-0.05, 0) is 50.1 Å². The van der Waals surface area contributed by atoms with Crippen LogP contribution >= 0.6 is 23.2 Å². The first-order chi connectivity index (χ1) is 9.45. The van der Waals surface area contributed by atoms with E-state index in [0.717, 1.165) is 22.2 Å². The Morgan fingerprint density at radius 2 is 1.90 bits per heavy atom. The largest absolute Gasteiger partial charge is 0.375 e. The minimum absolute atomic E-state index is 0.168. The molecule has 20 heavy (non-hydrogen) atoms. The Hall–Kier alpha value is -0.280. The fourth-order valence-electron chi connectivity index (χ4n) is 3.29. The molecule has 5 atom stereocenters. The molecule has 5 unspecified atom stereocenters. The van der Waals surface area contributed by atoms with Crippen LogP contribution in [0, 0.1) is 11.8 Å². The molecule has 0 amide bonds. The van der Waals surface area contributed by atoms with E-state index < -0.39 is 0 Å². The maximum atomic E-state index is 6.40. The van der Waals surface area contributed by atoms with E-state index in [1.807, 2.05) is 18.2 Å². The summed E-state index contributed by atoms with van der Waals surface area (Å²) in [5, 5.41) is 5.05. The van der Waals surface area contributed by atoms with Crippen LogP contribution < -0.4 is 5.32 Å². The van der Waals surface area contributed by atoms with Crippen molar-refractivity contribution in [3.8, 4) is 0 Å². The van der Waals surface area contributed by atoms with Crippen LogP contribution in [0.4, 0.5) is 0 Å². The van der Waals surface area contributed by atoms with E-state index in [1.165, 1.54) is 0 Å². The molecule has 1 fully saturated rings. The zero-order valence-corrected chi connectivity index (χ0v) is 14.0. The Morgan fingerprint density at radius 1 is 1.20 bits per heavy atom. The van der Waals surface area contributed by atoms with Crippen molar-refractivity contribution in [3.05, 3.63) is 33.8 Å². The Balaban J connectivity index is 2.38. The van der Waals surface area contributed by atoms with Crippen LogP contribution in [0.25, 0.3) is 0 Å². The van der Waals surface area contributed by atoms with E-state index in [2.05, 4.69) is 33.0 Å². The topological polar surface area (TPSA) is 21.3 Å².